The van der Waals surface area contributed by atoms with Crippen molar-refractivity contribution in [3.63, 3.8) is 0 Å². The smallest absolute Gasteiger partial charge is 0.294 e. The van der Waals surface area contributed by atoms with Gasteiger partial charge in [-0.2, -0.15) is 8.42 Å². The summed E-state index contributed by atoms with van der Waals surface area (Å²) in [5, 5.41) is 0. The first-order chi connectivity index (χ1) is 6.32. The van der Waals surface area contributed by atoms with Gasteiger partial charge in [0.05, 0.1) is 5.56 Å². The number of carbonyl (C=O) groups is 1. The molecule has 14 heavy (non-hydrogen) atoms. The molecule has 0 bridgehead atoms. The Bertz CT molecular complexity index is 479. The molecular weight excluding hydrogens is 214 g/mol. The summed E-state index contributed by atoms with van der Waals surface area (Å²) >= 11 is 0. The third kappa shape index (κ3) is 2.14. The van der Waals surface area contributed by atoms with Crippen molar-refractivity contribution in [2.45, 2.75) is 11.8 Å². The van der Waals surface area contributed by atoms with Crippen LogP contribution in [0.5, 0.6) is 0 Å². The number of rotatable bonds is 2. The van der Waals surface area contributed by atoms with Crippen LogP contribution in [-0.2, 0) is 10.2 Å². The maximum Gasteiger partial charge on any atom is 0.332 e. The van der Waals surface area contributed by atoms with Gasteiger partial charge in [-0.1, -0.05) is 0 Å². The second-order valence-electron chi connectivity index (χ2n) is 2.64. The molecule has 0 amide bonds. The lowest BCUT2D eigenvalue weighted by Gasteiger charge is -1.99. The molecule has 1 aromatic carbocycles. The summed E-state index contributed by atoms with van der Waals surface area (Å²) in [6.45, 7) is 1.13. The Morgan fingerprint density at radius 1 is 1.36 bits per heavy atom. The molecule has 3 nitrogen and oxygen atoms in total. The standard InChI is InChI=1S/C8H6F2O3S/c1-5(11)7-3-2-6(4-8(7)9)14(10,12)13/h2-4H,1H3. The molecule has 0 radical (unpaired) electrons. The van der Waals surface area contributed by atoms with Gasteiger partial charge < -0.3 is 0 Å². The van der Waals surface area contributed by atoms with Gasteiger partial charge in [-0.25, -0.2) is 4.39 Å². The van der Waals surface area contributed by atoms with E-state index in [1.54, 1.807) is 0 Å². The van der Waals surface area contributed by atoms with E-state index >= 15 is 0 Å². The van der Waals surface area contributed by atoms with Gasteiger partial charge in [0.1, 0.15) is 10.7 Å². The Kier molecular flexibility index (Phi) is 2.66. The van der Waals surface area contributed by atoms with E-state index in [0.717, 1.165) is 19.1 Å². The molecule has 0 atom stereocenters. The molecule has 0 aliphatic heterocycles. The first-order valence-electron chi connectivity index (χ1n) is 3.57. The number of hydrogen-bond acceptors (Lipinski definition) is 3. The molecule has 0 heterocycles. The zero-order valence-electron chi connectivity index (χ0n) is 7.12. The largest absolute Gasteiger partial charge is 0.332 e. The average Bonchev–Trinajstić information content (AvgIpc) is 2.01. The van der Waals surface area contributed by atoms with Crippen LogP contribution in [0.2, 0.25) is 0 Å². The maximum atomic E-state index is 13.0. The highest BCUT2D eigenvalue weighted by Gasteiger charge is 2.15. The van der Waals surface area contributed by atoms with Crippen LogP contribution in [-0.4, -0.2) is 14.2 Å². The van der Waals surface area contributed by atoms with Crippen LogP contribution < -0.4 is 0 Å². The Labute approximate surface area is 79.6 Å². The molecule has 0 saturated carbocycles. The number of halogens is 2. The lowest BCUT2D eigenvalue weighted by Crippen LogP contribution is -2.00. The van der Waals surface area contributed by atoms with Crippen molar-refractivity contribution in [1.82, 2.24) is 0 Å². The minimum absolute atomic E-state index is 0.266. The molecule has 1 aromatic rings. The first-order valence-corrected chi connectivity index (χ1v) is 4.96. The molecule has 0 N–H and O–H groups in total. The number of benzene rings is 1. The van der Waals surface area contributed by atoms with Gasteiger partial charge in [0.25, 0.3) is 0 Å². The SMILES string of the molecule is CC(=O)c1ccc(S(=O)(=O)F)cc1F. The first kappa shape index (κ1) is 10.8. The highest BCUT2D eigenvalue weighted by atomic mass is 32.3. The predicted molar refractivity (Wildman–Crippen MR) is 44.7 cm³/mol. The fourth-order valence-corrected chi connectivity index (χ4v) is 1.41. The van der Waals surface area contributed by atoms with Crippen molar-refractivity contribution in [1.29, 1.82) is 0 Å². The maximum absolute atomic E-state index is 13.0. The van der Waals surface area contributed by atoms with E-state index in [0.29, 0.717) is 6.07 Å². The van der Waals surface area contributed by atoms with Gasteiger partial charge in [-0.05, 0) is 25.1 Å². The summed E-state index contributed by atoms with van der Waals surface area (Å²) in [6.07, 6.45) is 0. The molecule has 0 aromatic heterocycles. The van der Waals surface area contributed by atoms with Crippen molar-refractivity contribution in [2.75, 3.05) is 0 Å². The Hall–Kier alpha value is -1.30. The van der Waals surface area contributed by atoms with E-state index in [4.69, 9.17) is 0 Å². The van der Waals surface area contributed by atoms with Gasteiger partial charge in [0.15, 0.2) is 5.78 Å². The van der Waals surface area contributed by atoms with Crippen LogP contribution in [0.1, 0.15) is 17.3 Å². The van der Waals surface area contributed by atoms with E-state index in [1.807, 2.05) is 0 Å². The molecule has 0 fully saturated rings. The van der Waals surface area contributed by atoms with E-state index in [1.165, 1.54) is 0 Å². The number of ketones is 1. The summed E-state index contributed by atoms with van der Waals surface area (Å²) in [7, 11) is -4.92. The number of carbonyl (C=O) groups excluding carboxylic acids is 1. The summed E-state index contributed by atoms with van der Waals surface area (Å²) in [4.78, 5) is 9.95. The van der Waals surface area contributed by atoms with Gasteiger partial charge in [0, 0.05) is 0 Å². The highest BCUT2D eigenvalue weighted by molar-refractivity contribution is 7.86. The van der Waals surface area contributed by atoms with Crippen LogP contribution in [0, 0.1) is 5.82 Å². The lowest BCUT2D eigenvalue weighted by molar-refractivity contribution is 0.101. The molecule has 1 rings (SSSR count). The van der Waals surface area contributed by atoms with E-state index in [9.17, 15) is 21.5 Å². The summed E-state index contributed by atoms with van der Waals surface area (Å²) in [5.74, 6) is -1.60. The quantitative estimate of drug-likeness (QED) is 0.563. The third-order valence-electron chi connectivity index (χ3n) is 1.60. The number of Topliss-reactive ketones (excluding diaryl/α,β-unsaturated/α-hetero) is 1. The molecule has 0 aliphatic rings. The van der Waals surface area contributed by atoms with Gasteiger partial charge in [-0.3, -0.25) is 4.79 Å². The normalized spacial score (nSPS) is 11.4. The minimum Gasteiger partial charge on any atom is -0.294 e. The Morgan fingerprint density at radius 2 is 1.93 bits per heavy atom. The van der Waals surface area contributed by atoms with Crippen LogP contribution in [0.15, 0.2) is 23.1 Å². The minimum atomic E-state index is -4.92. The Balaban J connectivity index is 3.34. The molecule has 76 valence electrons. The van der Waals surface area contributed by atoms with Crippen molar-refractivity contribution in [3.8, 4) is 0 Å². The number of hydrogen-bond donors (Lipinski definition) is 0. The van der Waals surface area contributed by atoms with Crippen molar-refractivity contribution in [3.05, 3.63) is 29.6 Å². The third-order valence-corrected chi connectivity index (χ3v) is 2.42. The highest BCUT2D eigenvalue weighted by Crippen LogP contribution is 2.16. The predicted octanol–water partition coefficient (Wildman–Crippen LogP) is 1.69. The summed E-state index contributed by atoms with van der Waals surface area (Å²) in [5.41, 5.74) is -0.266. The molecule has 0 saturated heterocycles. The van der Waals surface area contributed by atoms with Crippen LogP contribution >= 0.6 is 0 Å². The zero-order chi connectivity index (χ0) is 10.9. The topological polar surface area (TPSA) is 51.2 Å². The van der Waals surface area contributed by atoms with E-state index < -0.39 is 26.7 Å². The van der Waals surface area contributed by atoms with Crippen molar-refractivity contribution < 1.29 is 21.5 Å². The second kappa shape index (κ2) is 3.45. The second-order valence-corrected chi connectivity index (χ2v) is 3.98. The summed E-state index contributed by atoms with van der Waals surface area (Å²) < 4.78 is 46.0. The Morgan fingerprint density at radius 3 is 2.29 bits per heavy atom. The van der Waals surface area contributed by atoms with Crippen LogP contribution in [0.4, 0.5) is 8.28 Å². The summed E-state index contributed by atoms with van der Waals surface area (Å²) in [6, 6.07) is 2.26. The van der Waals surface area contributed by atoms with Gasteiger partial charge in [0.2, 0.25) is 0 Å². The van der Waals surface area contributed by atoms with E-state index in [-0.39, 0.29) is 5.56 Å². The molecule has 0 unspecified atom stereocenters. The fraction of sp³-hybridized carbons (Fsp3) is 0.125. The van der Waals surface area contributed by atoms with Crippen molar-refractivity contribution in [2.24, 2.45) is 0 Å². The average molecular weight is 220 g/mol. The molecular formula is C8H6F2O3S. The monoisotopic (exact) mass is 220 g/mol. The van der Waals surface area contributed by atoms with Crippen LogP contribution in [0.3, 0.4) is 0 Å². The zero-order valence-corrected chi connectivity index (χ0v) is 7.94. The lowest BCUT2D eigenvalue weighted by atomic mass is 10.1. The molecule has 0 spiro atoms. The molecule has 0 aliphatic carbocycles. The van der Waals surface area contributed by atoms with E-state index in [2.05, 4.69) is 0 Å². The van der Waals surface area contributed by atoms with Gasteiger partial charge >= 0.3 is 10.2 Å². The van der Waals surface area contributed by atoms with Gasteiger partial charge in [-0.15, -0.1) is 3.89 Å². The van der Waals surface area contributed by atoms with Crippen molar-refractivity contribution >= 4 is 16.0 Å². The fourth-order valence-electron chi connectivity index (χ4n) is 0.933. The van der Waals surface area contributed by atoms with Crippen LogP contribution in [0.25, 0.3) is 0 Å². The molecule has 6 heteroatoms.